The van der Waals surface area contributed by atoms with Crippen molar-refractivity contribution in [1.29, 1.82) is 0 Å². The molecule has 0 saturated heterocycles. The van der Waals surface area contributed by atoms with Gasteiger partial charge in [-0.25, -0.2) is 0 Å². The first-order chi connectivity index (χ1) is 12.1. The Hall–Kier alpha value is -2.01. The molecule has 2 N–H and O–H groups in total. The Bertz CT molecular complexity index is 756. The maximum Gasteiger partial charge on any atom is 0.306 e. The highest BCUT2D eigenvalue weighted by molar-refractivity contribution is 7.98. The Kier molecular flexibility index (Phi) is 5.97. The molecule has 5 heteroatoms. The van der Waals surface area contributed by atoms with Gasteiger partial charge in [0.25, 0.3) is 0 Å². The van der Waals surface area contributed by atoms with E-state index in [4.69, 9.17) is 5.11 Å². The van der Waals surface area contributed by atoms with E-state index in [0.29, 0.717) is 25.8 Å². The summed E-state index contributed by atoms with van der Waals surface area (Å²) in [5.74, 6) is 0.516. The molecule has 0 aliphatic heterocycles. The van der Waals surface area contributed by atoms with E-state index in [9.17, 15) is 9.59 Å². The van der Waals surface area contributed by atoms with Crippen LogP contribution in [-0.2, 0) is 15.3 Å². The predicted octanol–water partition coefficient (Wildman–Crippen LogP) is 3.69. The zero-order chi connectivity index (χ0) is 17.6. The minimum Gasteiger partial charge on any atom is -0.481 e. The van der Waals surface area contributed by atoms with Gasteiger partial charge in [-0.15, -0.1) is 0 Å². The Morgan fingerprint density at radius 1 is 1.08 bits per heavy atom. The average Bonchev–Trinajstić information content (AvgIpc) is 3.12. The lowest BCUT2D eigenvalue weighted by atomic mass is 10.0. The number of benzene rings is 2. The fourth-order valence-electron chi connectivity index (χ4n) is 3.44. The zero-order valence-corrected chi connectivity index (χ0v) is 14.9. The molecule has 3 rings (SSSR count). The van der Waals surface area contributed by atoms with Crippen molar-refractivity contribution >= 4 is 34.4 Å². The molecule has 1 saturated carbocycles. The van der Waals surface area contributed by atoms with Gasteiger partial charge in [-0.1, -0.05) is 42.5 Å². The van der Waals surface area contributed by atoms with Crippen molar-refractivity contribution in [3.8, 4) is 0 Å². The zero-order valence-electron chi connectivity index (χ0n) is 14.1. The topological polar surface area (TPSA) is 66.4 Å². The Labute approximate surface area is 152 Å². The second-order valence-electron chi connectivity index (χ2n) is 6.53. The number of carbonyl (C=O) groups excluding carboxylic acids is 1. The summed E-state index contributed by atoms with van der Waals surface area (Å²) < 4.78 is 0. The Morgan fingerprint density at radius 2 is 1.84 bits per heavy atom. The van der Waals surface area contributed by atoms with Crippen LogP contribution in [0, 0.1) is 11.8 Å². The monoisotopic (exact) mass is 357 g/mol. The van der Waals surface area contributed by atoms with Crippen molar-refractivity contribution in [3.63, 3.8) is 0 Å². The van der Waals surface area contributed by atoms with Gasteiger partial charge in [-0.05, 0) is 35.6 Å². The van der Waals surface area contributed by atoms with Crippen molar-refractivity contribution < 1.29 is 14.7 Å². The molecule has 0 spiro atoms. The summed E-state index contributed by atoms with van der Waals surface area (Å²) >= 11 is 1.80. The second-order valence-corrected chi connectivity index (χ2v) is 7.63. The quantitative estimate of drug-likeness (QED) is 0.742. The van der Waals surface area contributed by atoms with Crippen LogP contribution in [0.15, 0.2) is 42.5 Å². The Morgan fingerprint density at radius 3 is 2.64 bits per heavy atom. The fraction of sp³-hybridized carbons (Fsp3) is 0.400. The number of carboxylic acid groups (broad SMARTS) is 1. The van der Waals surface area contributed by atoms with Gasteiger partial charge < -0.3 is 10.4 Å². The maximum absolute atomic E-state index is 12.1. The first-order valence-electron chi connectivity index (χ1n) is 8.70. The molecule has 1 amide bonds. The molecule has 1 aliphatic rings. The molecule has 2 aromatic rings. The van der Waals surface area contributed by atoms with E-state index in [0.717, 1.165) is 11.5 Å². The number of carboxylic acids is 1. The van der Waals surface area contributed by atoms with Gasteiger partial charge in [0.05, 0.1) is 5.92 Å². The molecule has 4 nitrogen and oxygen atoms in total. The number of thioether (sulfide) groups is 1. The summed E-state index contributed by atoms with van der Waals surface area (Å²) in [6, 6.07) is 14.7. The summed E-state index contributed by atoms with van der Waals surface area (Å²) in [7, 11) is 0. The fourth-order valence-corrected chi connectivity index (χ4v) is 4.30. The lowest BCUT2D eigenvalue weighted by Gasteiger charge is -2.11. The van der Waals surface area contributed by atoms with Gasteiger partial charge >= 0.3 is 5.97 Å². The summed E-state index contributed by atoms with van der Waals surface area (Å²) in [6.45, 7) is 0.627. The molecule has 0 aromatic heterocycles. The molecule has 25 heavy (non-hydrogen) atoms. The van der Waals surface area contributed by atoms with Crippen LogP contribution < -0.4 is 5.32 Å². The van der Waals surface area contributed by atoms with Gasteiger partial charge in [-0.2, -0.15) is 11.8 Å². The van der Waals surface area contributed by atoms with E-state index in [1.165, 1.54) is 16.3 Å². The normalized spacial score (nSPS) is 19.8. The first-order valence-corrected chi connectivity index (χ1v) is 9.85. The summed E-state index contributed by atoms with van der Waals surface area (Å²) in [4.78, 5) is 23.1. The van der Waals surface area contributed by atoms with Crippen molar-refractivity contribution in [1.82, 2.24) is 5.32 Å². The van der Waals surface area contributed by atoms with Crippen LogP contribution in [0.1, 0.15) is 24.8 Å². The smallest absolute Gasteiger partial charge is 0.306 e. The third-order valence-electron chi connectivity index (χ3n) is 4.84. The van der Waals surface area contributed by atoms with Crippen LogP contribution in [0.25, 0.3) is 10.8 Å². The van der Waals surface area contributed by atoms with Crippen LogP contribution in [-0.4, -0.2) is 29.3 Å². The third kappa shape index (κ3) is 4.54. The molecule has 132 valence electrons. The van der Waals surface area contributed by atoms with Crippen molar-refractivity contribution in [2.45, 2.75) is 25.0 Å². The first kappa shape index (κ1) is 17.8. The van der Waals surface area contributed by atoms with E-state index < -0.39 is 5.97 Å². The average molecular weight is 357 g/mol. The summed E-state index contributed by atoms with van der Waals surface area (Å²) in [5, 5.41) is 14.5. The molecular weight excluding hydrogens is 334 g/mol. The second kappa shape index (κ2) is 8.39. The van der Waals surface area contributed by atoms with Gasteiger partial charge in [0, 0.05) is 24.0 Å². The molecule has 2 aromatic carbocycles. The van der Waals surface area contributed by atoms with Crippen molar-refractivity contribution in [2.75, 3.05) is 12.3 Å². The summed E-state index contributed by atoms with van der Waals surface area (Å²) in [5.41, 5.74) is 1.31. The van der Waals surface area contributed by atoms with Gasteiger partial charge in [-0.3, -0.25) is 9.59 Å². The lowest BCUT2D eigenvalue weighted by Crippen LogP contribution is -2.31. The lowest BCUT2D eigenvalue weighted by molar-refractivity contribution is -0.141. The van der Waals surface area contributed by atoms with Crippen LogP contribution in [0.4, 0.5) is 0 Å². The minimum atomic E-state index is -0.777. The van der Waals surface area contributed by atoms with Crippen LogP contribution in [0.5, 0.6) is 0 Å². The van der Waals surface area contributed by atoms with Crippen molar-refractivity contribution in [3.05, 3.63) is 48.0 Å². The number of nitrogens with one attached hydrogen (secondary N) is 1. The molecule has 0 heterocycles. The molecule has 1 aliphatic carbocycles. The van der Waals surface area contributed by atoms with Gasteiger partial charge in [0.2, 0.25) is 5.91 Å². The van der Waals surface area contributed by atoms with E-state index in [1.807, 2.05) is 6.07 Å². The van der Waals surface area contributed by atoms with E-state index >= 15 is 0 Å². The van der Waals surface area contributed by atoms with Crippen molar-refractivity contribution in [2.24, 2.45) is 11.8 Å². The standard InChI is InChI=1S/C20H23NO3S/c22-19(15-8-9-16(12-15)20(23)24)21-10-11-25-13-17-6-3-5-14-4-1-2-7-18(14)17/h1-7,15-16H,8-13H2,(H,21,22)(H,23,24)/t15-,16+/m0/s1. The van der Waals surface area contributed by atoms with Crippen LogP contribution >= 0.6 is 11.8 Å². The molecule has 2 atom stereocenters. The highest BCUT2D eigenvalue weighted by Crippen LogP contribution is 2.31. The third-order valence-corrected chi connectivity index (χ3v) is 5.84. The largest absolute Gasteiger partial charge is 0.481 e. The molecule has 1 fully saturated rings. The van der Waals surface area contributed by atoms with Gasteiger partial charge in [0.15, 0.2) is 0 Å². The number of amides is 1. The number of aliphatic carboxylic acids is 1. The Balaban J connectivity index is 1.40. The molecular formula is C20H23NO3S. The number of hydrogen-bond acceptors (Lipinski definition) is 3. The molecule has 0 bridgehead atoms. The number of rotatable bonds is 7. The minimum absolute atomic E-state index is 0.00881. The van der Waals surface area contributed by atoms with E-state index in [2.05, 4.69) is 41.7 Å². The number of fused-ring (bicyclic) bond motifs is 1. The van der Waals surface area contributed by atoms with E-state index in [-0.39, 0.29) is 17.7 Å². The predicted molar refractivity (Wildman–Crippen MR) is 102 cm³/mol. The van der Waals surface area contributed by atoms with Crippen LogP contribution in [0.2, 0.25) is 0 Å². The SMILES string of the molecule is O=C(O)[C@@H]1CC[C@H](C(=O)NCCSCc2cccc3ccccc23)C1. The van der Waals surface area contributed by atoms with Gasteiger partial charge in [0.1, 0.15) is 0 Å². The van der Waals surface area contributed by atoms with Crippen LogP contribution in [0.3, 0.4) is 0 Å². The maximum atomic E-state index is 12.1. The van der Waals surface area contributed by atoms with E-state index in [1.54, 1.807) is 11.8 Å². The molecule has 0 radical (unpaired) electrons. The number of carbonyl (C=O) groups is 2. The summed E-state index contributed by atoms with van der Waals surface area (Å²) in [6.07, 6.45) is 1.78. The number of hydrogen-bond donors (Lipinski definition) is 2. The highest BCUT2D eigenvalue weighted by atomic mass is 32.2. The molecule has 0 unspecified atom stereocenters. The highest BCUT2D eigenvalue weighted by Gasteiger charge is 2.33.